The number of nitrogens with two attached hydrogens (primary N) is 1. The number of nitrogens with one attached hydrogen (secondary N) is 2. The van der Waals surface area contributed by atoms with Crippen LogP contribution in [0.25, 0.3) is 10.8 Å². The highest BCUT2D eigenvalue weighted by Gasteiger charge is 2.38. The number of piperidine rings is 1. The first-order valence-corrected chi connectivity index (χ1v) is 19.5. The summed E-state index contributed by atoms with van der Waals surface area (Å²) in [7, 11) is -8.44. The number of benzene rings is 3. The van der Waals surface area contributed by atoms with Crippen molar-refractivity contribution < 1.29 is 37.2 Å². The Kier molecular flexibility index (Phi) is 12.4. The van der Waals surface area contributed by atoms with Crippen molar-refractivity contribution in [3.8, 4) is 0 Å². The topological polar surface area (TPSA) is 196 Å². The molecule has 3 atom stereocenters. The molecule has 1 fully saturated rings. The summed E-state index contributed by atoms with van der Waals surface area (Å²) < 4.78 is 40.0. The normalized spacial score (nSPS) is 16.9. The van der Waals surface area contributed by atoms with Crippen LogP contribution >= 0.6 is 19.4 Å². The molecule has 1 aliphatic heterocycles. The Hall–Kier alpha value is -3.26. The van der Waals surface area contributed by atoms with Crippen LogP contribution in [0.5, 0.6) is 0 Å². The van der Waals surface area contributed by atoms with Gasteiger partial charge in [-0.25, -0.2) is 13.1 Å². The number of carbonyl (C=O) groups is 3. The molecule has 1 heterocycles. The summed E-state index contributed by atoms with van der Waals surface area (Å²) in [5.41, 5.74) is 6.63. The molecule has 0 spiro atoms. The van der Waals surface area contributed by atoms with Gasteiger partial charge in [-0.15, -0.1) is 11.8 Å². The van der Waals surface area contributed by atoms with Gasteiger partial charge in [-0.05, 0) is 47.6 Å². The Bertz CT molecular complexity index is 1690. The highest BCUT2D eigenvalue weighted by Crippen LogP contribution is 2.38. The third kappa shape index (κ3) is 10.6. The van der Waals surface area contributed by atoms with Crippen molar-refractivity contribution in [1.29, 1.82) is 0 Å². The molecule has 3 aromatic rings. The summed E-state index contributed by atoms with van der Waals surface area (Å²) in [5, 5.41) is 4.69. The van der Waals surface area contributed by atoms with Crippen LogP contribution in [0.2, 0.25) is 0 Å². The molecule has 0 aliphatic carbocycles. The molecule has 4 rings (SSSR count). The maximum absolute atomic E-state index is 13.9. The number of aryl methyl sites for hydroxylation is 1. The predicted molar refractivity (Wildman–Crippen MR) is 178 cm³/mol. The van der Waals surface area contributed by atoms with E-state index in [-0.39, 0.29) is 37.3 Å². The van der Waals surface area contributed by atoms with Gasteiger partial charge in [0.15, 0.2) is 0 Å². The first-order chi connectivity index (χ1) is 21.8. The number of hydrogen-bond donors (Lipinski definition) is 5. The second kappa shape index (κ2) is 16.0. The first-order valence-electron chi connectivity index (χ1n) is 14.9. The summed E-state index contributed by atoms with van der Waals surface area (Å²) >= 11 is 0.743. The van der Waals surface area contributed by atoms with Crippen LogP contribution in [0.3, 0.4) is 0 Å². The second-order valence-corrected chi connectivity index (χ2v) is 16.3. The fourth-order valence-corrected chi connectivity index (χ4v) is 8.56. The van der Waals surface area contributed by atoms with E-state index in [1.54, 1.807) is 24.3 Å². The van der Waals surface area contributed by atoms with Crippen LogP contribution in [0.1, 0.15) is 30.4 Å². The Morgan fingerprint density at radius 1 is 0.957 bits per heavy atom. The molecular weight excluding hydrogens is 651 g/mol. The summed E-state index contributed by atoms with van der Waals surface area (Å²) in [5.74, 6) is -2.60. The van der Waals surface area contributed by atoms with Gasteiger partial charge in [0.25, 0.3) is 0 Å². The molecule has 3 amide bonds. The van der Waals surface area contributed by atoms with Crippen molar-refractivity contribution >= 4 is 57.9 Å². The number of likely N-dealkylation sites (tertiary alicyclic amines) is 1. The zero-order chi connectivity index (χ0) is 33.3. The number of rotatable bonds is 15. The van der Waals surface area contributed by atoms with Crippen LogP contribution in [0.4, 0.5) is 0 Å². The zero-order valence-corrected chi connectivity index (χ0v) is 27.7. The van der Waals surface area contributed by atoms with E-state index in [1.165, 1.54) is 4.90 Å². The van der Waals surface area contributed by atoms with Gasteiger partial charge < -0.3 is 25.7 Å². The monoisotopic (exact) mass is 690 g/mol. The Morgan fingerprint density at radius 2 is 1.65 bits per heavy atom. The molecule has 3 aromatic carbocycles. The predicted octanol–water partition coefficient (Wildman–Crippen LogP) is 2.13. The van der Waals surface area contributed by atoms with Crippen LogP contribution in [0.15, 0.2) is 72.8 Å². The quantitative estimate of drug-likeness (QED) is 0.148. The molecule has 0 radical (unpaired) electrons. The van der Waals surface area contributed by atoms with E-state index < -0.39 is 59.0 Å². The van der Waals surface area contributed by atoms with Gasteiger partial charge in [-0.2, -0.15) is 0 Å². The van der Waals surface area contributed by atoms with Crippen molar-refractivity contribution in [3.63, 3.8) is 0 Å². The highest BCUT2D eigenvalue weighted by molar-refractivity contribution is 8.04. The molecule has 0 saturated carbocycles. The minimum Gasteiger partial charge on any atom is -0.368 e. The highest BCUT2D eigenvalue weighted by atomic mass is 32.2. The van der Waals surface area contributed by atoms with Crippen molar-refractivity contribution in [3.05, 3.63) is 83.9 Å². The number of carbonyl (C=O) groups excluding carboxylic acids is 3. The number of sulfonamides is 1. The Morgan fingerprint density at radius 3 is 2.35 bits per heavy atom. The third-order valence-corrected chi connectivity index (χ3v) is 11.7. The molecular formula is C31H39N4O8PS2. The van der Waals surface area contributed by atoms with Gasteiger partial charge in [0.2, 0.25) is 27.7 Å². The molecule has 12 nitrogen and oxygen atoms in total. The summed E-state index contributed by atoms with van der Waals surface area (Å²) in [6, 6.07) is 18.9. The number of fused-ring (bicyclic) bond motifs is 1. The first kappa shape index (κ1) is 35.6. The van der Waals surface area contributed by atoms with Crippen LogP contribution in [-0.2, 0) is 41.8 Å². The summed E-state index contributed by atoms with van der Waals surface area (Å²) in [6.07, 6.45) is 1.79. The zero-order valence-electron chi connectivity index (χ0n) is 25.2. The van der Waals surface area contributed by atoms with E-state index in [1.807, 2.05) is 48.5 Å². The minimum absolute atomic E-state index is 0.134. The lowest BCUT2D eigenvalue weighted by atomic mass is 9.98. The molecule has 1 aliphatic rings. The van der Waals surface area contributed by atoms with Crippen molar-refractivity contribution in [2.24, 2.45) is 5.73 Å². The van der Waals surface area contributed by atoms with Gasteiger partial charge in [0.05, 0.1) is 11.2 Å². The summed E-state index contributed by atoms with van der Waals surface area (Å²) in [6.45, 7) is 0.161. The Labute approximate surface area is 272 Å². The largest absolute Gasteiger partial charge is 0.368 e. The number of amides is 3. The number of nitrogens with zero attached hydrogens (tertiary/aromatic N) is 1. The standard InChI is InChI=1S/C31H39N4O8PS2/c32-29(36)26(19-23-13-14-24-10-4-5-11-25(24)18-23)33-30(37)28-12-6-7-16-35(28)31(38)27(20-45-21-44(39,40)41)34-46(42,43)17-15-22-8-2-1-3-9-22/h1-5,8-11,13-14,18,26-28,34H,6-7,12,15-17,19-21H2,(H2,32,36)(H,33,37)(H2,39,40,41)/t26-,27-,28-/m0/s1. The van der Waals surface area contributed by atoms with Gasteiger partial charge in [-0.1, -0.05) is 72.8 Å². The molecule has 0 bridgehead atoms. The van der Waals surface area contributed by atoms with Crippen LogP contribution < -0.4 is 15.8 Å². The molecule has 248 valence electrons. The van der Waals surface area contributed by atoms with Crippen molar-refractivity contribution in [2.45, 2.75) is 50.2 Å². The molecule has 1 saturated heterocycles. The lowest BCUT2D eigenvalue weighted by Crippen LogP contribution is -2.60. The summed E-state index contributed by atoms with van der Waals surface area (Å²) in [4.78, 5) is 59.8. The molecule has 0 unspecified atom stereocenters. The van der Waals surface area contributed by atoms with Crippen LogP contribution in [0, 0.1) is 0 Å². The fourth-order valence-electron chi connectivity index (χ4n) is 5.38. The second-order valence-electron chi connectivity index (χ2n) is 11.3. The van der Waals surface area contributed by atoms with Gasteiger partial charge in [0.1, 0.15) is 18.1 Å². The third-order valence-electron chi connectivity index (χ3n) is 7.67. The lowest BCUT2D eigenvalue weighted by molar-refractivity contribution is -0.143. The smallest absolute Gasteiger partial charge is 0.335 e. The maximum Gasteiger partial charge on any atom is 0.335 e. The van der Waals surface area contributed by atoms with Crippen molar-refractivity contribution in [1.82, 2.24) is 14.9 Å². The van der Waals surface area contributed by atoms with E-state index in [9.17, 15) is 37.2 Å². The molecule has 46 heavy (non-hydrogen) atoms. The van der Waals surface area contributed by atoms with Gasteiger partial charge in [0, 0.05) is 18.7 Å². The fraction of sp³-hybridized carbons (Fsp3) is 0.387. The Balaban J connectivity index is 1.49. The number of hydrogen-bond acceptors (Lipinski definition) is 7. The van der Waals surface area contributed by atoms with E-state index in [4.69, 9.17) is 5.73 Å². The van der Waals surface area contributed by atoms with Gasteiger partial charge in [-0.3, -0.25) is 18.9 Å². The average molecular weight is 691 g/mol. The molecule has 15 heteroatoms. The molecule has 6 N–H and O–H groups in total. The van der Waals surface area contributed by atoms with E-state index in [2.05, 4.69) is 10.0 Å². The number of thioether (sulfide) groups is 1. The molecule has 0 aromatic heterocycles. The van der Waals surface area contributed by atoms with E-state index >= 15 is 0 Å². The number of primary amides is 1. The SMILES string of the molecule is NC(=O)[C@H](Cc1ccc2ccccc2c1)NC(=O)[C@@H]1CCCCN1C(=O)[C@H](CSCP(=O)(O)O)NS(=O)(=O)CCc1ccccc1. The minimum atomic E-state index is -4.43. The van der Waals surface area contributed by atoms with Gasteiger partial charge >= 0.3 is 7.60 Å². The maximum atomic E-state index is 13.9. The average Bonchev–Trinajstić information content (AvgIpc) is 3.02. The lowest BCUT2D eigenvalue weighted by Gasteiger charge is -2.37. The van der Waals surface area contributed by atoms with E-state index in [0.29, 0.717) is 12.8 Å². The van der Waals surface area contributed by atoms with E-state index in [0.717, 1.165) is 33.7 Å². The van der Waals surface area contributed by atoms with Crippen LogP contribution in [-0.4, -0.2) is 82.5 Å². The van der Waals surface area contributed by atoms with Crippen molar-refractivity contribution in [2.75, 3.05) is 23.5 Å².